The van der Waals surface area contributed by atoms with E-state index in [9.17, 15) is 10.2 Å². The van der Waals surface area contributed by atoms with Gasteiger partial charge in [-0.2, -0.15) is 0 Å². The SMILES string of the molecule is Cc1cc(N2C=C(c3cnc(N(C)C)c4c3CCC(C)(C)C4)ON2)cc(C)c1CC(O)CO. The molecule has 3 N–H and O–H groups in total. The molecule has 0 saturated carbocycles. The van der Waals surface area contributed by atoms with Gasteiger partial charge in [-0.1, -0.05) is 19.4 Å². The predicted molar refractivity (Wildman–Crippen MR) is 132 cm³/mol. The van der Waals surface area contributed by atoms with E-state index in [4.69, 9.17) is 9.82 Å². The smallest absolute Gasteiger partial charge is 0.176 e. The zero-order valence-electron chi connectivity index (χ0n) is 20.6. The van der Waals surface area contributed by atoms with Gasteiger partial charge in [0.25, 0.3) is 0 Å². The van der Waals surface area contributed by atoms with Gasteiger partial charge in [-0.25, -0.2) is 9.99 Å². The molecule has 1 aliphatic carbocycles. The number of aliphatic hydroxyl groups excluding tert-OH is 2. The fraction of sp³-hybridized carbons (Fsp3) is 0.500. The van der Waals surface area contributed by atoms with Crippen molar-refractivity contribution in [2.45, 2.75) is 59.5 Å². The number of hydrazine groups is 1. The highest BCUT2D eigenvalue weighted by Crippen LogP contribution is 2.41. The molecule has 7 nitrogen and oxygen atoms in total. The second-order valence-corrected chi connectivity index (χ2v) is 10.3. The summed E-state index contributed by atoms with van der Waals surface area (Å²) in [5, 5.41) is 21.0. The molecular weight excluding hydrogens is 416 g/mol. The number of nitrogens with one attached hydrogen (secondary N) is 1. The van der Waals surface area contributed by atoms with Crippen LogP contribution in [-0.2, 0) is 24.1 Å². The van der Waals surface area contributed by atoms with Crippen molar-refractivity contribution < 1.29 is 15.1 Å². The molecule has 0 amide bonds. The van der Waals surface area contributed by atoms with Gasteiger partial charge < -0.3 is 20.0 Å². The normalized spacial score (nSPS) is 17.9. The number of aryl methyl sites for hydroxylation is 2. The number of aromatic nitrogens is 1. The van der Waals surface area contributed by atoms with Gasteiger partial charge in [0.2, 0.25) is 0 Å². The fourth-order valence-corrected chi connectivity index (χ4v) is 4.93. The van der Waals surface area contributed by atoms with Gasteiger partial charge in [0.05, 0.1) is 24.6 Å². The lowest BCUT2D eigenvalue weighted by Crippen LogP contribution is -2.27. The summed E-state index contributed by atoms with van der Waals surface area (Å²) in [6.07, 6.45) is 6.73. The van der Waals surface area contributed by atoms with Gasteiger partial charge in [0, 0.05) is 32.3 Å². The molecule has 33 heavy (non-hydrogen) atoms. The Bertz CT molecular complexity index is 1050. The van der Waals surface area contributed by atoms with Crippen LogP contribution in [0.5, 0.6) is 0 Å². The van der Waals surface area contributed by atoms with Crippen molar-refractivity contribution >= 4 is 17.3 Å². The third-order valence-electron chi connectivity index (χ3n) is 6.78. The Morgan fingerprint density at radius 1 is 1.21 bits per heavy atom. The number of fused-ring (bicyclic) bond motifs is 1. The molecule has 1 aromatic heterocycles. The van der Waals surface area contributed by atoms with Crippen LogP contribution in [0.2, 0.25) is 0 Å². The quantitative estimate of drug-likeness (QED) is 0.620. The number of hydrogen-bond donors (Lipinski definition) is 3. The summed E-state index contributed by atoms with van der Waals surface area (Å²) in [7, 11) is 4.10. The molecule has 1 aromatic carbocycles. The maximum atomic E-state index is 9.87. The van der Waals surface area contributed by atoms with Crippen molar-refractivity contribution in [2.24, 2.45) is 5.41 Å². The van der Waals surface area contributed by atoms with E-state index in [1.807, 2.05) is 45.3 Å². The summed E-state index contributed by atoms with van der Waals surface area (Å²) in [6, 6.07) is 4.13. The predicted octanol–water partition coefficient (Wildman–Crippen LogP) is 3.43. The molecule has 0 bridgehead atoms. The van der Waals surface area contributed by atoms with Gasteiger partial charge in [0.15, 0.2) is 5.76 Å². The Balaban J connectivity index is 1.67. The highest BCUT2D eigenvalue weighted by atomic mass is 16.7. The minimum Gasteiger partial charge on any atom is -0.394 e. The Morgan fingerprint density at radius 3 is 2.55 bits per heavy atom. The molecule has 7 heteroatoms. The topological polar surface area (TPSA) is 81.1 Å². The Labute approximate surface area is 196 Å². The highest BCUT2D eigenvalue weighted by Gasteiger charge is 2.32. The maximum absolute atomic E-state index is 9.87. The van der Waals surface area contributed by atoms with Crippen molar-refractivity contribution in [2.75, 3.05) is 30.6 Å². The average Bonchev–Trinajstić information content (AvgIpc) is 3.24. The summed E-state index contributed by atoms with van der Waals surface area (Å²) in [5.74, 6) is 1.80. The third-order valence-corrected chi connectivity index (χ3v) is 6.78. The van der Waals surface area contributed by atoms with E-state index in [1.165, 1.54) is 11.1 Å². The lowest BCUT2D eigenvalue weighted by Gasteiger charge is -2.34. The second-order valence-electron chi connectivity index (χ2n) is 10.3. The largest absolute Gasteiger partial charge is 0.394 e. The summed E-state index contributed by atoms with van der Waals surface area (Å²) >= 11 is 0. The minimum atomic E-state index is -0.748. The first-order chi connectivity index (χ1) is 15.6. The van der Waals surface area contributed by atoms with Gasteiger partial charge in [-0.3, -0.25) is 0 Å². The van der Waals surface area contributed by atoms with Crippen LogP contribution in [0.4, 0.5) is 11.5 Å². The average molecular weight is 453 g/mol. The van der Waals surface area contributed by atoms with Crippen molar-refractivity contribution in [1.29, 1.82) is 0 Å². The van der Waals surface area contributed by atoms with Crippen molar-refractivity contribution in [3.05, 3.63) is 57.9 Å². The van der Waals surface area contributed by atoms with E-state index in [0.717, 1.165) is 58.8 Å². The molecule has 1 atom stereocenters. The van der Waals surface area contributed by atoms with E-state index in [0.29, 0.717) is 6.42 Å². The van der Waals surface area contributed by atoms with E-state index < -0.39 is 6.10 Å². The van der Waals surface area contributed by atoms with Crippen LogP contribution < -0.4 is 15.5 Å². The number of nitrogens with zero attached hydrogens (tertiary/aromatic N) is 3. The second kappa shape index (κ2) is 8.97. The first kappa shape index (κ1) is 23.5. The zero-order chi connectivity index (χ0) is 23.9. The van der Waals surface area contributed by atoms with Crippen LogP contribution in [0.3, 0.4) is 0 Å². The van der Waals surface area contributed by atoms with Crippen molar-refractivity contribution in [1.82, 2.24) is 10.6 Å². The Kier molecular flexibility index (Phi) is 6.40. The summed E-state index contributed by atoms with van der Waals surface area (Å²) in [4.78, 5) is 12.8. The molecule has 0 saturated heterocycles. The van der Waals surface area contributed by atoms with Crippen LogP contribution in [0.1, 0.15) is 53.6 Å². The zero-order valence-corrected chi connectivity index (χ0v) is 20.6. The number of aliphatic hydroxyl groups is 2. The van der Waals surface area contributed by atoms with Gasteiger partial charge in [0.1, 0.15) is 5.82 Å². The first-order valence-corrected chi connectivity index (χ1v) is 11.6. The molecule has 2 heterocycles. The molecule has 0 radical (unpaired) electrons. The molecule has 1 aliphatic heterocycles. The number of anilines is 2. The number of hydrogen-bond acceptors (Lipinski definition) is 7. The number of benzene rings is 1. The fourth-order valence-electron chi connectivity index (χ4n) is 4.93. The van der Waals surface area contributed by atoms with Crippen LogP contribution in [0, 0.1) is 19.3 Å². The van der Waals surface area contributed by atoms with Crippen molar-refractivity contribution in [3.63, 3.8) is 0 Å². The molecule has 0 spiro atoms. The molecule has 2 aromatic rings. The standard InChI is InChI=1S/C26H36N4O3/c1-16-9-18(10-17(2)21(16)11-19(32)15-31)30-14-24(33-28-30)23-13-27-25(29(5)6)22-12-26(3,4)8-7-20(22)23/h9-10,13-14,19,28,31-32H,7-8,11-12,15H2,1-6H3. The minimum absolute atomic E-state index is 0.240. The van der Waals surface area contributed by atoms with Crippen LogP contribution in [0.25, 0.3) is 5.76 Å². The van der Waals surface area contributed by atoms with Crippen LogP contribution in [0.15, 0.2) is 24.5 Å². The molecule has 0 fully saturated rings. The van der Waals surface area contributed by atoms with E-state index in [2.05, 4.69) is 36.5 Å². The first-order valence-electron chi connectivity index (χ1n) is 11.6. The lowest BCUT2D eigenvalue weighted by molar-refractivity contribution is 0.0953. The summed E-state index contributed by atoms with van der Waals surface area (Å²) < 4.78 is 0. The van der Waals surface area contributed by atoms with Gasteiger partial charge in [-0.15, -0.1) is 0 Å². The van der Waals surface area contributed by atoms with E-state index >= 15 is 0 Å². The van der Waals surface area contributed by atoms with E-state index in [1.54, 1.807) is 0 Å². The van der Waals surface area contributed by atoms with Gasteiger partial charge >= 0.3 is 0 Å². The third kappa shape index (κ3) is 4.71. The van der Waals surface area contributed by atoms with Gasteiger partial charge in [-0.05, 0) is 78.5 Å². The number of pyridine rings is 1. The van der Waals surface area contributed by atoms with Crippen LogP contribution >= 0.6 is 0 Å². The maximum Gasteiger partial charge on any atom is 0.176 e. The highest BCUT2D eigenvalue weighted by molar-refractivity contribution is 5.71. The Hall–Kier alpha value is -2.61. The van der Waals surface area contributed by atoms with E-state index in [-0.39, 0.29) is 12.0 Å². The van der Waals surface area contributed by atoms with Crippen molar-refractivity contribution in [3.8, 4) is 0 Å². The molecular formula is C26H36N4O3. The molecule has 178 valence electrons. The Morgan fingerprint density at radius 2 is 1.91 bits per heavy atom. The number of rotatable bonds is 6. The van der Waals surface area contributed by atoms with Crippen LogP contribution in [-0.4, -0.2) is 42.0 Å². The summed E-state index contributed by atoms with van der Waals surface area (Å²) in [6.45, 7) is 8.46. The molecule has 1 unspecified atom stereocenters. The summed E-state index contributed by atoms with van der Waals surface area (Å²) in [5.41, 5.74) is 11.1. The molecule has 4 rings (SSSR count). The monoisotopic (exact) mass is 452 g/mol. The molecule has 2 aliphatic rings. The lowest BCUT2D eigenvalue weighted by atomic mass is 9.73.